The van der Waals surface area contributed by atoms with Crippen LogP contribution in [0, 0.1) is 0 Å². The number of piperazine rings is 3. The molecule has 3 aliphatic rings. The largest absolute Gasteiger partial charge is 0.493 e. The predicted molar refractivity (Wildman–Crippen MR) is 72.7 cm³/mol. The Morgan fingerprint density at radius 1 is 1.00 bits per heavy atom. The van der Waals surface area contributed by atoms with Crippen LogP contribution in [0.3, 0.4) is 0 Å². The maximum Gasteiger partial charge on any atom is 0.119 e. The van der Waals surface area contributed by atoms with E-state index in [0.717, 1.165) is 12.4 Å². The van der Waals surface area contributed by atoms with Crippen LogP contribution in [0.5, 0.6) is 5.75 Å². The summed E-state index contributed by atoms with van der Waals surface area (Å²) in [5.74, 6) is 1.00. The Balaban J connectivity index is 1.42. The molecular formula is C15H23N2O+. The molecule has 0 atom stereocenters. The lowest BCUT2D eigenvalue weighted by Crippen LogP contribution is -2.67. The third-order valence-corrected chi connectivity index (χ3v) is 4.46. The van der Waals surface area contributed by atoms with Crippen LogP contribution in [0.4, 0.5) is 0 Å². The van der Waals surface area contributed by atoms with Crippen LogP contribution >= 0.6 is 0 Å². The van der Waals surface area contributed by atoms with Gasteiger partial charge in [-0.3, -0.25) is 4.90 Å². The Morgan fingerprint density at radius 3 is 2.33 bits per heavy atom. The highest BCUT2D eigenvalue weighted by atomic mass is 16.5. The number of benzene rings is 1. The molecule has 1 aromatic carbocycles. The Morgan fingerprint density at radius 2 is 1.67 bits per heavy atom. The lowest BCUT2D eigenvalue weighted by molar-refractivity contribution is -0.941. The zero-order valence-corrected chi connectivity index (χ0v) is 11.1. The van der Waals surface area contributed by atoms with Crippen molar-refractivity contribution in [3.63, 3.8) is 0 Å². The zero-order chi connectivity index (χ0) is 12.3. The van der Waals surface area contributed by atoms with Gasteiger partial charge in [0.1, 0.15) is 5.75 Å². The van der Waals surface area contributed by atoms with E-state index in [0.29, 0.717) is 0 Å². The molecule has 3 fully saturated rings. The second-order valence-corrected chi connectivity index (χ2v) is 5.59. The summed E-state index contributed by atoms with van der Waals surface area (Å²) in [4.78, 5) is 2.60. The fourth-order valence-electron chi connectivity index (χ4n) is 3.17. The van der Waals surface area contributed by atoms with E-state index in [9.17, 15) is 0 Å². The summed E-state index contributed by atoms with van der Waals surface area (Å²) in [5, 5.41) is 0. The van der Waals surface area contributed by atoms with Crippen molar-refractivity contribution in [3.05, 3.63) is 30.3 Å². The Labute approximate surface area is 110 Å². The van der Waals surface area contributed by atoms with Gasteiger partial charge in [0.15, 0.2) is 0 Å². The zero-order valence-electron chi connectivity index (χ0n) is 11.1. The monoisotopic (exact) mass is 247 g/mol. The lowest BCUT2D eigenvalue weighted by atomic mass is 10.1. The highest BCUT2D eigenvalue weighted by Crippen LogP contribution is 2.20. The SMILES string of the molecule is c1ccc(OCCC[N+]23CCN(CC2)CC3)cc1. The summed E-state index contributed by atoms with van der Waals surface area (Å²) in [5.41, 5.74) is 0. The van der Waals surface area contributed by atoms with Crippen LogP contribution in [-0.2, 0) is 0 Å². The van der Waals surface area contributed by atoms with Gasteiger partial charge in [-0.25, -0.2) is 0 Å². The molecule has 0 saturated carbocycles. The van der Waals surface area contributed by atoms with Crippen LogP contribution in [-0.4, -0.2) is 61.8 Å². The average molecular weight is 247 g/mol. The fraction of sp³-hybridized carbons (Fsp3) is 0.600. The fourth-order valence-corrected chi connectivity index (χ4v) is 3.17. The number of ether oxygens (including phenoxy) is 1. The van der Waals surface area contributed by atoms with E-state index in [1.54, 1.807) is 0 Å². The topological polar surface area (TPSA) is 12.5 Å². The van der Waals surface area contributed by atoms with E-state index in [-0.39, 0.29) is 0 Å². The van der Waals surface area contributed by atoms with Gasteiger partial charge in [0.2, 0.25) is 0 Å². The first-order valence-electron chi connectivity index (χ1n) is 7.12. The first kappa shape index (κ1) is 12.0. The van der Waals surface area contributed by atoms with Crippen molar-refractivity contribution in [2.75, 3.05) is 52.4 Å². The van der Waals surface area contributed by atoms with E-state index < -0.39 is 0 Å². The minimum Gasteiger partial charge on any atom is -0.493 e. The molecule has 3 saturated heterocycles. The van der Waals surface area contributed by atoms with Crippen molar-refractivity contribution in [3.8, 4) is 5.75 Å². The van der Waals surface area contributed by atoms with Gasteiger partial charge in [-0.15, -0.1) is 0 Å². The van der Waals surface area contributed by atoms with Gasteiger partial charge in [-0.2, -0.15) is 0 Å². The molecule has 0 amide bonds. The molecular weight excluding hydrogens is 224 g/mol. The van der Waals surface area contributed by atoms with Crippen molar-refractivity contribution in [2.45, 2.75) is 6.42 Å². The van der Waals surface area contributed by atoms with E-state index in [2.05, 4.69) is 4.90 Å². The number of nitrogens with zero attached hydrogens (tertiary/aromatic N) is 2. The number of hydrogen-bond donors (Lipinski definition) is 0. The van der Waals surface area contributed by atoms with E-state index in [1.807, 2.05) is 30.3 Å². The van der Waals surface area contributed by atoms with Crippen LogP contribution in [0.2, 0.25) is 0 Å². The second-order valence-electron chi connectivity index (χ2n) is 5.59. The third-order valence-electron chi connectivity index (χ3n) is 4.46. The van der Waals surface area contributed by atoms with Gasteiger partial charge in [-0.05, 0) is 12.1 Å². The summed E-state index contributed by atoms with van der Waals surface area (Å²) in [6, 6.07) is 10.2. The van der Waals surface area contributed by atoms with Crippen LogP contribution < -0.4 is 4.74 Å². The third kappa shape index (κ3) is 2.68. The Bertz CT molecular complexity index is 358. The minimum absolute atomic E-state index is 0.855. The van der Waals surface area contributed by atoms with Crippen LogP contribution in [0.25, 0.3) is 0 Å². The molecule has 0 spiro atoms. The van der Waals surface area contributed by atoms with Gasteiger partial charge in [0.05, 0.1) is 32.8 Å². The Kier molecular flexibility index (Phi) is 3.52. The van der Waals surface area contributed by atoms with Crippen LogP contribution in [0.1, 0.15) is 6.42 Å². The standard InChI is InChI=1S/C15H23N2O/c1-2-5-15(6-3-1)18-14-4-10-17-11-7-16(8-12-17)9-13-17/h1-3,5-6H,4,7-14H2/q+1. The first-order chi connectivity index (χ1) is 8.86. The quantitative estimate of drug-likeness (QED) is 0.579. The van der Waals surface area contributed by atoms with E-state index in [1.165, 1.54) is 56.7 Å². The average Bonchev–Trinajstić information content (AvgIpc) is 2.47. The van der Waals surface area contributed by atoms with Gasteiger partial charge < -0.3 is 9.22 Å². The van der Waals surface area contributed by atoms with Crippen molar-refractivity contribution in [1.29, 1.82) is 0 Å². The van der Waals surface area contributed by atoms with Crippen LogP contribution in [0.15, 0.2) is 30.3 Å². The number of fused-ring (bicyclic) bond motifs is 3. The molecule has 0 aliphatic carbocycles. The minimum atomic E-state index is 0.855. The molecule has 1 aromatic rings. The molecule has 18 heavy (non-hydrogen) atoms. The summed E-state index contributed by atoms with van der Waals surface area (Å²) in [7, 11) is 0. The molecule has 0 radical (unpaired) electrons. The smallest absolute Gasteiger partial charge is 0.119 e. The highest BCUT2D eigenvalue weighted by Gasteiger charge is 2.37. The van der Waals surface area contributed by atoms with Gasteiger partial charge in [-0.1, -0.05) is 18.2 Å². The maximum atomic E-state index is 5.78. The summed E-state index contributed by atoms with van der Waals surface area (Å²) in [6.45, 7) is 10.1. The number of hydrogen-bond acceptors (Lipinski definition) is 2. The molecule has 3 aliphatic heterocycles. The van der Waals surface area contributed by atoms with E-state index in [4.69, 9.17) is 4.74 Å². The number of quaternary nitrogens is 1. The molecule has 3 heteroatoms. The van der Waals surface area contributed by atoms with Crippen molar-refractivity contribution in [1.82, 2.24) is 4.90 Å². The molecule has 98 valence electrons. The first-order valence-corrected chi connectivity index (χ1v) is 7.12. The van der Waals surface area contributed by atoms with Crippen molar-refractivity contribution >= 4 is 0 Å². The Hall–Kier alpha value is -1.06. The molecule has 3 heterocycles. The molecule has 3 nitrogen and oxygen atoms in total. The molecule has 0 N–H and O–H groups in total. The molecule has 0 unspecified atom stereocenters. The lowest BCUT2D eigenvalue weighted by Gasteiger charge is -2.50. The number of para-hydroxylation sites is 1. The number of rotatable bonds is 5. The van der Waals surface area contributed by atoms with Gasteiger partial charge in [0, 0.05) is 26.1 Å². The normalized spacial score (nSPS) is 30.3. The van der Waals surface area contributed by atoms with Gasteiger partial charge >= 0.3 is 0 Å². The second kappa shape index (κ2) is 5.29. The molecule has 4 rings (SSSR count). The summed E-state index contributed by atoms with van der Waals surface area (Å²) in [6.07, 6.45) is 1.18. The summed E-state index contributed by atoms with van der Waals surface area (Å²) >= 11 is 0. The maximum absolute atomic E-state index is 5.78. The predicted octanol–water partition coefficient (Wildman–Crippen LogP) is 1.60. The highest BCUT2D eigenvalue weighted by molar-refractivity contribution is 5.20. The summed E-state index contributed by atoms with van der Waals surface area (Å²) < 4.78 is 7.12. The molecule has 2 bridgehead atoms. The van der Waals surface area contributed by atoms with E-state index >= 15 is 0 Å². The van der Waals surface area contributed by atoms with Gasteiger partial charge in [0.25, 0.3) is 0 Å². The van der Waals surface area contributed by atoms with Crippen molar-refractivity contribution < 1.29 is 9.22 Å². The van der Waals surface area contributed by atoms with Crippen molar-refractivity contribution in [2.24, 2.45) is 0 Å². The molecule has 0 aromatic heterocycles.